The highest BCUT2D eigenvalue weighted by Crippen LogP contribution is 2.19. The Labute approximate surface area is 113 Å². The van der Waals surface area contributed by atoms with Gasteiger partial charge in [0.2, 0.25) is 5.88 Å². The van der Waals surface area contributed by atoms with Crippen LogP contribution in [0.1, 0.15) is 31.4 Å². The molecule has 1 saturated carbocycles. The summed E-state index contributed by atoms with van der Waals surface area (Å²) in [5.41, 5.74) is 0.955. The largest absolute Gasteiger partial charge is 0.476 e. The van der Waals surface area contributed by atoms with E-state index in [4.69, 9.17) is 9.47 Å². The minimum absolute atomic E-state index is 0.587. The zero-order valence-corrected chi connectivity index (χ0v) is 11.2. The molecule has 0 bridgehead atoms. The normalized spacial score (nSPS) is 20.4. The van der Waals surface area contributed by atoms with Gasteiger partial charge in [-0.25, -0.2) is 4.98 Å². The Kier molecular flexibility index (Phi) is 4.25. The fraction of sp³-hybridized carbons (Fsp3) is 0.714. The summed E-state index contributed by atoms with van der Waals surface area (Å²) in [7, 11) is 0. The van der Waals surface area contributed by atoms with Gasteiger partial charge in [0.1, 0.15) is 0 Å². The number of nitrogens with zero attached hydrogens (tertiary/aromatic N) is 2. The third-order valence-electron chi connectivity index (χ3n) is 3.62. The van der Waals surface area contributed by atoms with E-state index in [1.165, 1.54) is 12.8 Å². The molecule has 19 heavy (non-hydrogen) atoms. The third-order valence-corrected chi connectivity index (χ3v) is 3.62. The van der Waals surface area contributed by atoms with Crippen LogP contribution in [0.5, 0.6) is 5.88 Å². The minimum Gasteiger partial charge on any atom is -0.476 e. The summed E-state index contributed by atoms with van der Waals surface area (Å²) in [6.45, 7) is 3.21. The summed E-state index contributed by atoms with van der Waals surface area (Å²) in [6, 6.07) is 0.689. The summed E-state index contributed by atoms with van der Waals surface area (Å²) >= 11 is 0. The molecule has 2 fully saturated rings. The molecule has 0 radical (unpaired) electrons. The quantitative estimate of drug-likeness (QED) is 0.843. The summed E-state index contributed by atoms with van der Waals surface area (Å²) < 4.78 is 11.1. The fourth-order valence-electron chi connectivity index (χ4n) is 2.19. The number of nitrogens with one attached hydrogen (secondary N) is 1. The molecule has 1 N–H and O–H groups in total. The van der Waals surface area contributed by atoms with E-state index < -0.39 is 0 Å². The van der Waals surface area contributed by atoms with Crippen molar-refractivity contribution in [2.75, 3.05) is 19.8 Å². The SMILES string of the molecule is c1ncc(OCC2CCOCC2)nc1CNC1CC1. The number of rotatable bonds is 6. The Hall–Kier alpha value is -1.20. The molecule has 1 aromatic rings. The molecule has 5 nitrogen and oxygen atoms in total. The first-order chi connectivity index (χ1) is 9.40. The lowest BCUT2D eigenvalue weighted by atomic mass is 10.0. The Bertz CT molecular complexity index is 403. The highest BCUT2D eigenvalue weighted by atomic mass is 16.5. The predicted octanol–water partition coefficient (Wildman–Crippen LogP) is 1.53. The molecule has 2 aliphatic rings. The van der Waals surface area contributed by atoms with Crippen LogP contribution in [0.2, 0.25) is 0 Å². The Morgan fingerprint density at radius 3 is 2.84 bits per heavy atom. The van der Waals surface area contributed by atoms with Crippen LogP contribution in [0.4, 0.5) is 0 Å². The van der Waals surface area contributed by atoms with E-state index in [-0.39, 0.29) is 0 Å². The highest BCUT2D eigenvalue weighted by molar-refractivity contribution is 5.08. The van der Waals surface area contributed by atoms with Gasteiger partial charge in [0.15, 0.2) is 0 Å². The first-order valence-electron chi connectivity index (χ1n) is 7.15. The average Bonchev–Trinajstić information content (AvgIpc) is 3.29. The molecule has 2 heterocycles. The van der Waals surface area contributed by atoms with Crippen molar-refractivity contribution in [3.05, 3.63) is 18.1 Å². The maximum absolute atomic E-state index is 5.75. The molecule has 3 rings (SSSR count). The summed E-state index contributed by atoms with van der Waals surface area (Å²) in [5.74, 6) is 1.23. The standard InChI is InChI=1S/C14H21N3O2/c1-2-12(1)16-8-13-7-15-9-14(17-13)19-10-11-3-5-18-6-4-11/h7,9,11-12,16H,1-6,8,10H2. The molecular weight excluding hydrogens is 242 g/mol. The Morgan fingerprint density at radius 2 is 2.05 bits per heavy atom. The molecule has 0 atom stereocenters. The fourth-order valence-corrected chi connectivity index (χ4v) is 2.19. The van der Waals surface area contributed by atoms with Gasteiger partial charge in [-0.15, -0.1) is 0 Å². The van der Waals surface area contributed by atoms with E-state index >= 15 is 0 Å². The van der Waals surface area contributed by atoms with Crippen molar-refractivity contribution < 1.29 is 9.47 Å². The third kappa shape index (κ3) is 4.14. The van der Waals surface area contributed by atoms with Gasteiger partial charge in [0.25, 0.3) is 0 Å². The summed E-state index contributed by atoms with van der Waals surface area (Å²) in [6.07, 6.45) is 8.23. The van der Waals surface area contributed by atoms with Crippen molar-refractivity contribution in [2.24, 2.45) is 5.92 Å². The van der Waals surface area contributed by atoms with Crippen molar-refractivity contribution in [3.63, 3.8) is 0 Å². The van der Waals surface area contributed by atoms with Crippen molar-refractivity contribution >= 4 is 0 Å². The van der Waals surface area contributed by atoms with Gasteiger partial charge >= 0.3 is 0 Å². The van der Waals surface area contributed by atoms with E-state index in [0.29, 0.717) is 17.8 Å². The lowest BCUT2D eigenvalue weighted by Crippen LogP contribution is -2.22. The van der Waals surface area contributed by atoms with E-state index in [1.54, 1.807) is 12.4 Å². The summed E-state index contributed by atoms with van der Waals surface area (Å²) in [4.78, 5) is 8.67. The molecule has 1 aliphatic carbocycles. The van der Waals surface area contributed by atoms with Crippen molar-refractivity contribution in [1.82, 2.24) is 15.3 Å². The molecule has 1 aliphatic heterocycles. The predicted molar refractivity (Wildman–Crippen MR) is 70.9 cm³/mol. The van der Waals surface area contributed by atoms with Gasteiger partial charge in [-0.05, 0) is 31.6 Å². The maximum Gasteiger partial charge on any atom is 0.232 e. The smallest absolute Gasteiger partial charge is 0.232 e. The highest BCUT2D eigenvalue weighted by Gasteiger charge is 2.20. The van der Waals surface area contributed by atoms with Crippen molar-refractivity contribution in [1.29, 1.82) is 0 Å². The molecular formula is C14H21N3O2. The number of hydrogen-bond donors (Lipinski definition) is 1. The zero-order chi connectivity index (χ0) is 12.9. The van der Waals surface area contributed by atoms with Gasteiger partial charge in [0.05, 0.1) is 18.5 Å². The van der Waals surface area contributed by atoms with Gasteiger partial charge < -0.3 is 14.8 Å². The van der Waals surface area contributed by atoms with Crippen molar-refractivity contribution in [3.8, 4) is 5.88 Å². The van der Waals surface area contributed by atoms with Gasteiger partial charge in [-0.1, -0.05) is 0 Å². The van der Waals surface area contributed by atoms with Crippen LogP contribution < -0.4 is 10.1 Å². The number of ether oxygens (including phenoxy) is 2. The minimum atomic E-state index is 0.587. The molecule has 5 heteroatoms. The monoisotopic (exact) mass is 263 g/mol. The lowest BCUT2D eigenvalue weighted by molar-refractivity contribution is 0.0489. The Balaban J connectivity index is 1.47. The number of aromatic nitrogens is 2. The second kappa shape index (κ2) is 6.30. The maximum atomic E-state index is 5.75. The van der Waals surface area contributed by atoms with Crippen molar-refractivity contribution in [2.45, 2.75) is 38.3 Å². The molecule has 0 aromatic carbocycles. The molecule has 104 valence electrons. The summed E-state index contributed by atoms with van der Waals surface area (Å²) in [5, 5.41) is 3.43. The van der Waals surface area contributed by atoms with Crippen LogP contribution >= 0.6 is 0 Å². The topological polar surface area (TPSA) is 56.3 Å². The zero-order valence-electron chi connectivity index (χ0n) is 11.2. The number of hydrogen-bond acceptors (Lipinski definition) is 5. The van der Waals surface area contributed by atoms with Gasteiger partial charge in [-0.2, -0.15) is 0 Å². The average molecular weight is 263 g/mol. The lowest BCUT2D eigenvalue weighted by Gasteiger charge is -2.21. The van der Waals surface area contributed by atoms with Crippen LogP contribution in [-0.4, -0.2) is 35.8 Å². The van der Waals surface area contributed by atoms with E-state index in [9.17, 15) is 0 Å². The van der Waals surface area contributed by atoms with E-state index in [1.807, 2.05) is 0 Å². The van der Waals surface area contributed by atoms with Crippen LogP contribution in [0.15, 0.2) is 12.4 Å². The second-order valence-electron chi connectivity index (χ2n) is 5.37. The van der Waals surface area contributed by atoms with Crippen LogP contribution in [0.3, 0.4) is 0 Å². The van der Waals surface area contributed by atoms with Gasteiger partial charge in [-0.3, -0.25) is 4.98 Å². The Morgan fingerprint density at radius 1 is 1.21 bits per heavy atom. The van der Waals surface area contributed by atoms with E-state index in [2.05, 4.69) is 15.3 Å². The van der Waals surface area contributed by atoms with Gasteiger partial charge in [0, 0.05) is 32.0 Å². The first kappa shape index (κ1) is 12.8. The van der Waals surface area contributed by atoms with Crippen LogP contribution in [0.25, 0.3) is 0 Å². The van der Waals surface area contributed by atoms with Crippen LogP contribution in [-0.2, 0) is 11.3 Å². The van der Waals surface area contributed by atoms with E-state index in [0.717, 1.165) is 44.9 Å². The molecule has 0 amide bonds. The first-order valence-corrected chi connectivity index (χ1v) is 7.15. The molecule has 0 unspecified atom stereocenters. The molecule has 1 saturated heterocycles. The molecule has 1 aromatic heterocycles. The second-order valence-corrected chi connectivity index (χ2v) is 5.37. The molecule has 0 spiro atoms. The van der Waals surface area contributed by atoms with Crippen LogP contribution in [0, 0.1) is 5.92 Å².